The molecule has 0 unspecified atom stereocenters. The molecule has 0 radical (unpaired) electrons. The summed E-state index contributed by atoms with van der Waals surface area (Å²) in [4.78, 5) is 2.70. The molecule has 100 valence electrons. The summed E-state index contributed by atoms with van der Waals surface area (Å²) in [5.41, 5.74) is 6.66. The first-order valence-corrected chi connectivity index (χ1v) is 6.41. The number of ether oxygens (including phenoxy) is 1. The highest BCUT2D eigenvalue weighted by Gasteiger charge is 2.06. The van der Waals surface area contributed by atoms with E-state index in [1.54, 1.807) is 0 Å². The van der Waals surface area contributed by atoms with Crippen molar-refractivity contribution in [1.29, 1.82) is 0 Å². The predicted octanol–water partition coefficient (Wildman–Crippen LogP) is 1.18. The fourth-order valence-electron chi connectivity index (χ4n) is 1.60. The number of nitrogens with zero attached hydrogens (tertiary/aromatic N) is 1. The zero-order valence-corrected chi connectivity index (χ0v) is 11.2. The van der Waals surface area contributed by atoms with Crippen LogP contribution in [0.5, 0.6) is 0 Å². The number of anilines is 1. The fraction of sp³-hybridized carbons (Fsp3) is 0.462. The van der Waals surface area contributed by atoms with Gasteiger partial charge >= 0.3 is 0 Å². The molecule has 0 spiro atoms. The lowest BCUT2D eigenvalue weighted by atomic mass is 10.2. The minimum Gasteiger partial charge on any atom is -0.394 e. The van der Waals surface area contributed by atoms with Crippen LogP contribution in [0.25, 0.3) is 0 Å². The number of hydrogen-bond donors (Lipinski definition) is 2. The second-order valence-corrected chi connectivity index (χ2v) is 4.40. The van der Waals surface area contributed by atoms with E-state index in [0.29, 0.717) is 24.6 Å². The highest BCUT2D eigenvalue weighted by molar-refractivity contribution is 7.80. The van der Waals surface area contributed by atoms with Crippen LogP contribution in [0.4, 0.5) is 5.69 Å². The first kappa shape index (κ1) is 14.9. The number of aliphatic hydroxyl groups excluding tert-OH is 1. The van der Waals surface area contributed by atoms with Gasteiger partial charge in [-0.3, -0.25) is 0 Å². The molecular weight excluding hydrogens is 248 g/mol. The molecule has 0 aliphatic rings. The predicted molar refractivity (Wildman–Crippen MR) is 78.0 cm³/mol. The largest absolute Gasteiger partial charge is 0.394 e. The highest BCUT2D eigenvalue weighted by Crippen LogP contribution is 2.13. The lowest BCUT2D eigenvalue weighted by Gasteiger charge is -2.24. The third-order valence-electron chi connectivity index (χ3n) is 2.49. The topological polar surface area (TPSA) is 58.7 Å². The molecule has 3 N–H and O–H groups in total. The standard InChI is InChI=1S/C13H20N2O2S/c14-13(18)6-7-15(8-10-17-11-9-16)12-4-2-1-3-5-12/h1-5,16H,6-11H2,(H2,14,18). The van der Waals surface area contributed by atoms with Crippen LogP contribution >= 0.6 is 12.2 Å². The maximum atomic E-state index is 8.65. The minimum atomic E-state index is 0.0538. The summed E-state index contributed by atoms with van der Waals surface area (Å²) in [5.74, 6) is 0. The first-order chi connectivity index (χ1) is 8.74. The Bertz CT molecular complexity index is 346. The Balaban J connectivity index is 2.49. The monoisotopic (exact) mass is 268 g/mol. The Morgan fingerprint density at radius 3 is 2.56 bits per heavy atom. The second kappa shape index (κ2) is 8.85. The zero-order valence-electron chi connectivity index (χ0n) is 10.4. The van der Waals surface area contributed by atoms with Crippen molar-refractivity contribution in [1.82, 2.24) is 0 Å². The molecule has 0 fully saturated rings. The average Bonchev–Trinajstić information content (AvgIpc) is 2.38. The van der Waals surface area contributed by atoms with E-state index in [2.05, 4.69) is 4.90 Å². The number of para-hydroxylation sites is 1. The summed E-state index contributed by atoms with van der Waals surface area (Å²) >= 11 is 4.90. The smallest absolute Gasteiger partial charge is 0.0745 e. The van der Waals surface area contributed by atoms with Crippen molar-refractivity contribution in [3.05, 3.63) is 30.3 Å². The number of thiocarbonyl (C=S) groups is 1. The Hall–Kier alpha value is -1.17. The lowest BCUT2D eigenvalue weighted by Crippen LogP contribution is -2.31. The van der Waals surface area contributed by atoms with Gasteiger partial charge in [0.05, 0.1) is 24.8 Å². The number of nitrogens with two attached hydrogens (primary N) is 1. The van der Waals surface area contributed by atoms with Crippen molar-refractivity contribution < 1.29 is 9.84 Å². The van der Waals surface area contributed by atoms with E-state index < -0.39 is 0 Å². The second-order valence-electron chi connectivity index (χ2n) is 3.87. The van der Waals surface area contributed by atoms with E-state index in [0.717, 1.165) is 18.8 Å². The van der Waals surface area contributed by atoms with Crippen LogP contribution in [0.15, 0.2) is 30.3 Å². The summed E-state index contributed by atoms with van der Waals surface area (Å²) in [6.07, 6.45) is 0.685. The molecule has 0 aromatic heterocycles. The number of aliphatic hydroxyl groups is 1. The van der Waals surface area contributed by atoms with E-state index in [4.69, 9.17) is 27.8 Å². The Morgan fingerprint density at radius 2 is 1.94 bits per heavy atom. The summed E-state index contributed by atoms with van der Waals surface area (Å²) in [6.45, 7) is 2.54. The molecule has 1 aromatic carbocycles. The van der Waals surface area contributed by atoms with Crippen molar-refractivity contribution in [2.45, 2.75) is 6.42 Å². The van der Waals surface area contributed by atoms with Gasteiger partial charge in [-0.05, 0) is 12.1 Å². The maximum absolute atomic E-state index is 8.65. The molecule has 0 bridgehead atoms. The minimum absolute atomic E-state index is 0.0538. The molecule has 0 aliphatic heterocycles. The number of rotatable bonds is 9. The van der Waals surface area contributed by atoms with E-state index in [9.17, 15) is 0 Å². The van der Waals surface area contributed by atoms with Gasteiger partial charge in [0.25, 0.3) is 0 Å². The van der Waals surface area contributed by atoms with E-state index in [1.165, 1.54) is 0 Å². The molecule has 0 amide bonds. The Labute approximate surface area is 113 Å². The third kappa shape index (κ3) is 5.95. The highest BCUT2D eigenvalue weighted by atomic mass is 32.1. The zero-order chi connectivity index (χ0) is 13.2. The van der Waals surface area contributed by atoms with Crippen LogP contribution in [0.3, 0.4) is 0 Å². The molecule has 1 rings (SSSR count). The quantitative estimate of drug-likeness (QED) is 0.520. The van der Waals surface area contributed by atoms with E-state index >= 15 is 0 Å². The van der Waals surface area contributed by atoms with Crippen LogP contribution in [0.1, 0.15) is 6.42 Å². The summed E-state index contributed by atoms with van der Waals surface area (Å²) in [5, 5.41) is 8.65. The summed E-state index contributed by atoms with van der Waals surface area (Å²) < 4.78 is 5.29. The third-order valence-corrected chi connectivity index (χ3v) is 2.69. The molecule has 0 atom stereocenters. The summed E-state index contributed by atoms with van der Waals surface area (Å²) in [6, 6.07) is 10.1. The maximum Gasteiger partial charge on any atom is 0.0745 e. The van der Waals surface area contributed by atoms with Gasteiger partial charge in [-0.1, -0.05) is 30.4 Å². The molecule has 18 heavy (non-hydrogen) atoms. The van der Waals surface area contributed by atoms with Crippen LogP contribution in [0.2, 0.25) is 0 Å². The van der Waals surface area contributed by atoms with Gasteiger partial charge in [0.1, 0.15) is 0 Å². The number of hydrogen-bond acceptors (Lipinski definition) is 4. The SMILES string of the molecule is NC(=S)CCN(CCOCCO)c1ccccc1. The van der Waals surface area contributed by atoms with Crippen LogP contribution in [0, 0.1) is 0 Å². The molecule has 4 nitrogen and oxygen atoms in total. The molecule has 0 aliphatic carbocycles. The van der Waals surface area contributed by atoms with Crippen LogP contribution in [-0.4, -0.2) is 43.0 Å². The lowest BCUT2D eigenvalue weighted by molar-refractivity contribution is 0.0967. The molecule has 0 saturated carbocycles. The fourth-order valence-corrected chi connectivity index (χ4v) is 1.69. The van der Waals surface area contributed by atoms with Crippen molar-refractivity contribution in [3.8, 4) is 0 Å². The number of benzene rings is 1. The van der Waals surface area contributed by atoms with Crippen molar-refractivity contribution in [2.24, 2.45) is 5.73 Å². The van der Waals surface area contributed by atoms with Gasteiger partial charge in [-0.15, -0.1) is 0 Å². The van der Waals surface area contributed by atoms with Gasteiger partial charge in [0, 0.05) is 25.2 Å². The van der Waals surface area contributed by atoms with Crippen LogP contribution < -0.4 is 10.6 Å². The molecule has 0 heterocycles. The van der Waals surface area contributed by atoms with E-state index in [-0.39, 0.29) is 6.61 Å². The van der Waals surface area contributed by atoms with Gasteiger partial charge in [-0.2, -0.15) is 0 Å². The van der Waals surface area contributed by atoms with Crippen LogP contribution in [-0.2, 0) is 4.74 Å². The van der Waals surface area contributed by atoms with Gasteiger partial charge in [-0.25, -0.2) is 0 Å². The van der Waals surface area contributed by atoms with Gasteiger partial charge in [0.15, 0.2) is 0 Å². The van der Waals surface area contributed by atoms with Crippen molar-refractivity contribution >= 4 is 22.9 Å². The molecule has 5 heteroatoms. The Morgan fingerprint density at radius 1 is 1.22 bits per heavy atom. The van der Waals surface area contributed by atoms with Crippen molar-refractivity contribution in [3.63, 3.8) is 0 Å². The summed E-state index contributed by atoms with van der Waals surface area (Å²) in [7, 11) is 0. The average molecular weight is 268 g/mol. The normalized spacial score (nSPS) is 10.3. The molecular formula is C13H20N2O2S. The first-order valence-electron chi connectivity index (χ1n) is 6.01. The molecule has 0 saturated heterocycles. The van der Waals surface area contributed by atoms with Gasteiger partial charge in [0.2, 0.25) is 0 Å². The van der Waals surface area contributed by atoms with Gasteiger partial charge < -0.3 is 20.5 Å². The van der Waals surface area contributed by atoms with Crippen molar-refractivity contribution in [2.75, 3.05) is 37.8 Å². The van der Waals surface area contributed by atoms with E-state index in [1.807, 2.05) is 30.3 Å². The molecule has 1 aromatic rings. The Kier molecular flexibility index (Phi) is 7.32.